The number of aryl methyl sites for hydroxylation is 2. The summed E-state index contributed by atoms with van der Waals surface area (Å²) in [6.07, 6.45) is 0.971. The average molecular weight is 375 g/mol. The Morgan fingerprint density at radius 3 is 2.71 bits per heavy atom. The van der Waals surface area contributed by atoms with Gasteiger partial charge in [0, 0.05) is 17.5 Å². The number of anilines is 1. The molecule has 0 unspecified atom stereocenters. The van der Waals surface area contributed by atoms with Crippen LogP contribution in [-0.2, 0) is 11.2 Å². The SMILES string of the molecule is CCc1cccc(-n2nc(C)c3c2NC(=O)C[C@@H]3C(=O)c2ccc(O)cc2)c1. The molecule has 0 radical (unpaired) electrons. The molecule has 2 heterocycles. The molecule has 6 heteroatoms. The summed E-state index contributed by atoms with van der Waals surface area (Å²) < 4.78 is 1.71. The lowest BCUT2D eigenvalue weighted by molar-refractivity contribution is -0.116. The van der Waals surface area contributed by atoms with Gasteiger partial charge in [0.1, 0.15) is 11.6 Å². The monoisotopic (exact) mass is 375 g/mol. The number of ketones is 1. The van der Waals surface area contributed by atoms with Gasteiger partial charge in [0.05, 0.1) is 17.3 Å². The van der Waals surface area contributed by atoms with Gasteiger partial charge in [0.25, 0.3) is 0 Å². The van der Waals surface area contributed by atoms with Gasteiger partial charge in [0.15, 0.2) is 5.78 Å². The third kappa shape index (κ3) is 3.07. The van der Waals surface area contributed by atoms with Gasteiger partial charge in [-0.05, 0) is 55.3 Å². The first-order chi connectivity index (χ1) is 13.5. The second-order valence-electron chi connectivity index (χ2n) is 7.00. The summed E-state index contributed by atoms with van der Waals surface area (Å²) in [5.74, 6) is -0.313. The van der Waals surface area contributed by atoms with E-state index in [2.05, 4.69) is 17.3 Å². The number of carbonyl (C=O) groups is 2. The van der Waals surface area contributed by atoms with Crippen molar-refractivity contribution in [3.05, 3.63) is 70.9 Å². The largest absolute Gasteiger partial charge is 0.508 e. The minimum Gasteiger partial charge on any atom is -0.508 e. The molecule has 0 saturated carbocycles. The second-order valence-corrected chi connectivity index (χ2v) is 7.00. The molecule has 2 N–H and O–H groups in total. The zero-order valence-corrected chi connectivity index (χ0v) is 15.8. The molecule has 0 saturated heterocycles. The van der Waals surface area contributed by atoms with Crippen LogP contribution in [0.3, 0.4) is 0 Å². The molecule has 4 rings (SSSR count). The Morgan fingerprint density at radius 2 is 2.00 bits per heavy atom. The molecule has 0 bridgehead atoms. The van der Waals surface area contributed by atoms with Crippen molar-refractivity contribution in [1.29, 1.82) is 0 Å². The molecule has 142 valence electrons. The van der Waals surface area contributed by atoms with Gasteiger partial charge in [-0.3, -0.25) is 9.59 Å². The topological polar surface area (TPSA) is 84.2 Å². The molecular weight excluding hydrogens is 354 g/mol. The summed E-state index contributed by atoms with van der Waals surface area (Å²) in [6, 6.07) is 14.1. The minimum atomic E-state index is -0.601. The fourth-order valence-corrected chi connectivity index (χ4v) is 3.69. The molecule has 28 heavy (non-hydrogen) atoms. The van der Waals surface area contributed by atoms with E-state index in [1.54, 1.807) is 16.8 Å². The van der Waals surface area contributed by atoms with E-state index in [1.807, 2.05) is 31.2 Å². The number of carbonyl (C=O) groups excluding carboxylic acids is 2. The first-order valence-electron chi connectivity index (χ1n) is 9.30. The third-order valence-electron chi connectivity index (χ3n) is 5.13. The number of phenolic OH excluding ortho intramolecular Hbond substituents is 1. The van der Waals surface area contributed by atoms with Crippen LogP contribution in [0.5, 0.6) is 5.75 Å². The molecule has 3 aromatic rings. The standard InChI is InChI=1S/C22H21N3O3/c1-3-14-5-4-6-16(11-14)25-22-20(13(2)24-25)18(12-19(27)23-22)21(28)15-7-9-17(26)10-8-15/h4-11,18,26H,3,12H2,1-2H3,(H,23,27)/t18-/m0/s1. The molecule has 1 aliphatic heterocycles. The van der Waals surface area contributed by atoms with Crippen molar-refractivity contribution in [3.8, 4) is 11.4 Å². The highest BCUT2D eigenvalue weighted by Gasteiger charge is 2.36. The first-order valence-corrected chi connectivity index (χ1v) is 9.30. The molecule has 1 amide bonds. The maximum atomic E-state index is 13.1. The molecule has 1 aromatic heterocycles. The molecule has 1 aliphatic rings. The quantitative estimate of drug-likeness (QED) is 0.680. The fraction of sp³-hybridized carbons (Fsp3) is 0.227. The molecular formula is C22H21N3O3. The summed E-state index contributed by atoms with van der Waals surface area (Å²) >= 11 is 0. The average Bonchev–Trinajstić information content (AvgIpc) is 3.04. The van der Waals surface area contributed by atoms with E-state index in [1.165, 1.54) is 17.7 Å². The van der Waals surface area contributed by atoms with Crippen LogP contribution in [0.2, 0.25) is 0 Å². The van der Waals surface area contributed by atoms with E-state index in [9.17, 15) is 14.7 Å². The normalized spacial score (nSPS) is 15.8. The van der Waals surface area contributed by atoms with Crippen LogP contribution in [0.15, 0.2) is 48.5 Å². The van der Waals surface area contributed by atoms with Gasteiger partial charge in [0.2, 0.25) is 5.91 Å². The molecule has 1 atom stereocenters. The minimum absolute atomic E-state index is 0.0776. The van der Waals surface area contributed by atoms with Crippen LogP contribution in [0, 0.1) is 6.92 Å². The number of Topliss-reactive ketones (excluding diaryl/α,β-unsaturated/α-hetero) is 1. The van der Waals surface area contributed by atoms with Crippen molar-refractivity contribution in [1.82, 2.24) is 9.78 Å². The van der Waals surface area contributed by atoms with Gasteiger partial charge in [-0.15, -0.1) is 0 Å². The number of amides is 1. The number of hydrogen-bond donors (Lipinski definition) is 2. The number of benzene rings is 2. The summed E-state index contributed by atoms with van der Waals surface area (Å²) in [5.41, 5.74) is 3.94. The molecule has 0 fully saturated rings. The number of hydrogen-bond acceptors (Lipinski definition) is 4. The molecule has 6 nitrogen and oxygen atoms in total. The van der Waals surface area contributed by atoms with Crippen molar-refractivity contribution in [2.24, 2.45) is 0 Å². The third-order valence-corrected chi connectivity index (χ3v) is 5.13. The Kier molecular flexibility index (Phi) is 4.47. The number of nitrogens with zero attached hydrogens (tertiary/aromatic N) is 2. The molecule has 0 spiro atoms. The van der Waals surface area contributed by atoms with Crippen molar-refractivity contribution < 1.29 is 14.7 Å². The number of aromatic nitrogens is 2. The summed E-state index contributed by atoms with van der Waals surface area (Å²) in [7, 11) is 0. The van der Waals surface area contributed by atoms with Crippen LogP contribution in [-0.4, -0.2) is 26.6 Å². The van der Waals surface area contributed by atoms with E-state index in [4.69, 9.17) is 0 Å². The summed E-state index contributed by atoms with van der Waals surface area (Å²) in [5, 5.41) is 17.0. The van der Waals surface area contributed by atoms with Gasteiger partial charge < -0.3 is 10.4 Å². The van der Waals surface area contributed by atoms with Crippen molar-refractivity contribution in [3.63, 3.8) is 0 Å². The highest BCUT2D eigenvalue weighted by molar-refractivity contribution is 6.08. The van der Waals surface area contributed by atoms with Crippen molar-refractivity contribution in [2.75, 3.05) is 5.32 Å². The number of nitrogens with one attached hydrogen (secondary N) is 1. The Morgan fingerprint density at radius 1 is 1.25 bits per heavy atom. The number of phenols is 1. The highest BCUT2D eigenvalue weighted by atomic mass is 16.3. The maximum absolute atomic E-state index is 13.1. The van der Waals surface area contributed by atoms with Crippen LogP contribution < -0.4 is 5.32 Å². The van der Waals surface area contributed by atoms with Gasteiger partial charge in [-0.1, -0.05) is 19.1 Å². The van der Waals surface area contributed by atoms with Gasteiger partial charge in [-0.25, -0.2) is 4.68 Å². The fourth-order valence-electron chi connectivity index (χ4n) is 3.69. The number of fused-ring (bicyclic) bond motifs is 1. The predicted molar refractivity (Wildman–Crippen MR) is 106 cm³/mol. The maximum Gasteiger partial charge on any atom is 0.226 e. The van der Waals surface area contributed by atoms with E-state index in [0.29, 0.717) is 17.1 Å². The van der Waals surface area contributed by atoms with Crippen LogP contribution in [0.1, 0.15) is 46.4 Å². The number of rotatable bonds is 4. The van der Waals surface area contributed by atoms with E-state index in [-0.39, 0.29) is 23.9 Å². The highest BCUT2D eigenvalue weighted by Crippen LogP contribution is 2.38. The Hall–Kier alpha value is -3.41. The van der Waals surface area contributed by atoms with Gasteiger partial charge in [-0.2, -0.15) is 5.10 Å². The van der Waals surface area contributed by atoms with Gasteiger partial charge >= 0.3 is 0 Å². The smallest absolute Gasteiger partial charge is 0.226 e. The summed E-state index contributed by atoms with van der Waals surface area (Å²) in [4.78, 5) is 25.5. The Bertz CT molecular complexity index is 1070. The Balaban J connectivity index is 1.81. The lowest BCUT2D eigenvalue weighted by Crippen LogP contribution is -2.28. The molecule has 0 aliphatic carbocycles. The second kappa shape index (κ2) is 6.96. The Labute approximate surface area is 162 Å². The van der Waals surface area contributed by atoms with E-state index >= 15 is 0 Å². The van der Waals surface area contributed by atoms with Crippen molar-refractivity contribution >= 4 is 17.5 Å². The lowest BCUT2D eigenvalue weighted by atomic mass is 9.85. The first kappa shape index (κ1) is 18.0. The van der Waals surface area contributed by atoms with Crippen molar-refractivity contribution in [2.45, 2.75) is 32.6 Å². The van der Waals surface area contributed by atoms with Crippen LogP contribution in [0.25, 0.3) is 5.69 Å². The zero-order chi connectivity index (χ0) is 19.8. The predicted octanol–water partition coefficient (Wildman–Crippen LogP) is 3.76. The van der Waals surface area contributed by atoms with E-state index < -0.39 is 5.92 Å². The van der Waals surface area contributed by atoms with Crippen LogP contribution in [0.4, 0.5) is 5.82 Å². The summed E-state index contributed by atoms with van der Waals surface area (Å²) in [6.45, 7) is 3.94. The number of aromatic hydroxyl groups is 1. The van der Waals surface area contributed by atoms with Crippen LogP contribution >= 0.6 is 0 Å². The van der Waals surface area contributed by atoms with E-state index in [0.717, 1.165) is 17.7 Å². The zero-order valence-electron chi connectivity index (χ0n) is 15.8. The molecule has 2 aromatic carbocycles. The lowest BCUT2D eigenvalue weighted by Gasteiger charge is -2.23.